The second kappa shape index (κ2) is 8.63. The third-order valence-electron chi connectivity index (χ3n) is 3.17. The van der Waals surface area contributed by atoms with Crippen molar-refractivity contribution in [1.82, 2.24) is 9.97 Å². The number of nitrogens with two attached hydrogens (primary N) is 2. The molecule has 19 heavy (non-hydrogen) atoms. The van der Waals surface area contributed by atoms with Crippen LogP contribution in [0.25, 0.3) is 0 Å². The summed E-state index contributed by atoms with van der Waals surface area (Å²) in [5.41, 5.74) is 1.11. The van der Waals surface area contributed by atoms with Crippen molar-refractivity contribution in [3.63, 3.8) is 0 Å². The van der Waals surface area contributed by atoms with Gasteiger partial charge in [0.1, 0.15) is 19.4 Å². The smallest absolute Gasteiger partial charge is 0.294 e. The lowest BCUT2D eigenvalue weighted by Crippen LogP contribution is -3.09. The summed E-state index contributed by atoms with van der Waals surface area (Å²) in [5, 5.41) is 4.40. The van der Waals surface area contributed by atoms with Crippen LogP contribution in [0.2, 0.25) is 0 Å². The Labute approximate surface area is 130 Å². The number of nitrogens with one attached hydrogen (secondary N) is 1. The Morgan fingerprint density at radius 3 is 2.74 bits per heavy atom. The van der Waals surface area contributed by atoms with Gasteiger partial charge in [0.2, 0.25) is 5.82 Å². The number of quaternary nitrogens is 3. The molecule has 108 valence electrons. The zero-order chi connectivity index (χ0) is 10.8. The first-order valence-electron chi connectivity index (χ1n) is 5.84. The van der Waals surface area contributed by atoms with Gasteiger partial charge in [0.05, 0.1) is 13.1 Å². The minimum Gasteiger partial charge on any atom is -1.00 e. The maximum absolute atomic E-state index is 4.44. The molecule has 1 aromatic heterocycles. The van der Waals surface area contributed by atoms with E-state index in [1.165, 1.54) is 24.4 Å². The predicted octanol–water partition coefficient (Wildman–Crippen LogP) is -12.2. The summed E-state index contributed by atoms with van der Waals surface area (Å²) >= 11 is 0. The molecular weight excluding hydrogens is 311 g/mol. The highest BCUT2D eigenvalue weighted by molar-refractivity contribution is 5.72. The zero-order valence-corrected chi connectivity index (χ0v) is 12.6. The topological polar surface area (TPSA) is 75.8 Å². The molecular formula is C10H17Cl3N6. The summed E-state index contributed by atoms with van der Waals surface area (Å²) in [6.07, 6.45) is 4.69. The third-order valence-corrected chi connectivity index (χ3v) is 3.17. The molecule has 1 saturated heterocycles. The molecule has 3 rings (SSSR count). The molecule has 0 aromatic carbocycles. The molecule has 1 aromatic rings. The standard InChI is InChI=1S/C10H14N6.3ClH/c1-2-11-3-5-16(4-1)10-8-9(13-6-12-8)14-7-15-10;;;/h6-7,11H,1-5H2,(H,12,13,14,15);3*1H. The van der Waals surface area contributed by atoms with Crippen LogP contribution < -0.4 is 52.8 Å². The van der Waals surface area contributed by atoms with E-state index in [0.29, 0.717) is 0 Å². The van der Waals surface area contributed by atoms with E-state index in [9.17, 15) is 0 Å². The van der Waals surface area contributed by atoms with Crippen molar-refractivity contribution in [2.75, 3.05) is 26.2 Å². The lowest BCUT2D eigenvalue weighted by atomic mass is 10.3. The molecule has 2 aliphatic heterocycles. The molecule has 0 amide bonds. The fourth-order valence-corrected chi connectivity index (χ4v) is 2.35. The number of fused-ring (bicyclic) bond motifs is 1. The van der Waals surface area contributed by atoms with Crippen LogP contribution >= 0.6 is 0 Å². The van der Waals surface area contributed by atoms with E-state index >= 15 is 0 Å². The van der Waals surface area contributed by atoms with Crippen LogP contribution in [0.1, 0.15) is 6.42 Å². The van der Waals surface area contributed by atoms with Crippen LogP contribution in [0.3, 0.4) is 0 Å². The summed E-state index contributed by atoms with van der Waals surface area (Å²) in [7, 11) is 0. The second-order valence-corrected chi connectivity index (χ2v) is 4.23. The predicted molar refractivity (Wildman–Crippen MR) is 58.4 cm³/mol. The molecule has 0 bridgehead atoms. The Kier molecular flexibility index (Phi) is 8.40. The van der Waals surface area contributed by atoms with Gasteiger partial charge in [-0.25, -0.2) is 4.98 Å². The number of aromatic nitrogens is 2. The van der Waals surface area contributed by atoms with E-state index in [1.807, 2.05) is 11.7 Å². The number of nitrogens with zero attached hydrogens (tertiary/aromatic N) is 3. The minimum atomic E-state index is 0. The van der Waals surface area contributed by atoms with E-state index in [-0.39, 0.29) is 37.2 Å². The molecule has 5 N–H and O–H groups in total. The van der Waals surface area contributed by atoms with E-state index in [4.69, 9.17) is 0 Å². The number of hydrogen-bond donors (Lipinski definition) is 3. The van der Waals surface area contributed by atoms with Gasteiger partial charge in [0, 0.05) is 6.42 Å². The summed E-state index contributed by atoms with van der Waals surface area (Å²) < 4.78 is 0. The van der Waals surface area contributed by atoms with Crippen LogP contribution in [0, 0.1) is 0 Å². The lowest BCUT2D eigenvalue weighted by Gasteiger charge is -2.13. The molecule has 0 saturated carbocycles. The van der Waals surface area contributed by atoms with E-state index in [2.05, 4.69) is 20.3 Å². The minimum absolute atomic E-state index is 0. The highest BCUT2D eigenvalue weighted by Gasteiger charge is 2.28. The average molecular weight is 328 g/mol. The number of aliphatic imine (C=N–C) groups is 1. The highest BCUT2D eigenvalue weighted by atomic mass is 35.5. The molecule has 3 heterocycles. The first-order valence-corrected chi connectivity index (χ1v) is 5.84. The number of hydrogen-bond acceptors (Lipinski definition) is 3. The van der Waals surface area contributed by atoms with Gasteiger partial charge >= 0.3 is 0 Å². The molecule has 0 spiro atoms. The second-order valence-electron chi connectivity index (χ2n) is 4.23. The van der Waals surface area contributed by atoms with Gasteiger partial charge < -0.3 is 42.5 Å². The summed E-state index contributed by atoms with van der Waals surface area (Å²) in [6, 6.07) is 0. The third kappa shape index (κ3) is 3.98. The lowest BCUT2D eigenvalue weighted by molar-refractivity contribution is -0.843. The fourth-order valence-electron chi connectivity index (χ4n) is 2.35. The van der Waals surface area contributed by atoms with Gasteiger partial charge in [0.25, 0.3) is 11.5 Å². The van der Waals surface area contributed by atoms with Gasteiger partial charge in [-0.15, -0.1) is 0 Å². The van der Waals surface area contributed by atoms with Crippen molar-refractivity contribution < 1.29 is 52.8 Å². The Morgan fingerprint density at radius 2 is 1.89 bits per heavy atom. The highest BCUT2D eigenvalue weighted by Crippen LogP contribution is 2.22. The average Bonchev–Trinajstić information content (AvgIpc) is 2.63. The van der Waals surface area contributed by atoms with Crippen molar-refractivity contribution in [2.45, 2.75) is 6.42 Å². The molecule has 1 atom stereocenters. The van der Waals surface area contributed by atoms with Gasteiger partial charge in [-0.05, 0) is 0 Å². The molecule has 0 aliphatic carbocycles. The molecule has 9 heteroatoms. The Hall–Kier alpha value is -0.500. The van der Waals surface area contributed by atoms with Crippen LogP contribution in [0.4, 0.5) is 17.3 Å². The van der Waals surface area contributed by atoms with Crippen LogP contribution in [0.15, 0.2) is 11.3 Å². The maximum Gasteiger partial charge on any atom is 0.294 e. The molecule has 0 radical (unpaired) electrons. The van der Waals surface area contributed by atoms with E-state index in [0.717, 1.165) is 30.4 Å². The van der Waals surface area contributed by atoms with Crippen LogP contribution in [-0.4, -0.2) is 42.5 Å². The SMILES string of the molecule is C1=Nc2ncnc([NH+]3CCC[NH2+]CC3)c2[NH2+]1.[Cl-].[Cl-].[Cl-]. The normalized spacial score (nSPS) is 20.3. The first-order chi connectivity index (χ1) is 7.95. The summed E-state index contributed by atoms with van der Waals surface area (Å²) in [4.78, 5) is 14.3. The molecule has 1 fully saturated rings. The van der Waals surface area contributed by atoms with Crippen molar-refractivity contribution in [1.29, 1.82) is 0 Å². The molecule has 1 unspecified atom stereocenters. The van der Waals surface area contributed by atoms with Crippen molar-refractivity contribution >= 4 is 23.7 Å². The summed E-state index contributed by atoms with van der Waals surface area (Å²) in [6.45, 7) is 4.71. The molecule has 6 nitrogen and oxygen atoms in total. The fraction of sp³-hybridized carbons (Fsp3) is 0.500. The van der Waals surface area contributed by atoms with Gasteiger partial charge in [0.15, 0.2) is 6.34 Å². The monoisotopic (exact) mass is 326 g/mol. The van der Waals surface area contributed by atoms with Gasteiger partial charge in [-0.3, -0.25) is 10.2 Å². The van der Waals surface area contributed by atoms with Crippen molar-refractivity contribution in [2.24, 2.45) is 4.99 Å². The van der Waals surface area contributed by atoms with E-state index < -0.39 is 0 Å². The van der Waals surface area contributed by atoms with Gasteiger partial charge in [-0.1, -0.05) is 0 Å². The van der Waals surface area contributed by atoms with E-state index in [1.54, 1.807) is 6.33 Å². The van der Waals surface area contributed by atoms with Crippen LogP contribution in [-0.2, 0) is 0 Å². The number of halogens is 3. The Balaban J connectivity index is 0.00000108. The van der Waals surface area contributed by atoms with Crippen LogP contribution in [0.5, 0.6) is 0 Å². The number of rotatable bonds is 1. The zero-order valence-electron chi connectivity index (χ0n) is 10.3. The largest absolute Gasteiger partial charge is 1.00 e. The quantitative estimate of drug-likeness (QED) is 0.479. The molecule has 2 aliphatic rings. The first kappa shape index (κ1) is 18.5. The van der Waals surface area contributed by atoms with Crippen molar-refractivity contribution in [3.8, 4) is 0 Å². The Bertz CT molecular complexity index is 420. The van der Waals surface area contributed by atoms with Crippen molar-refractivity contribution in [3.05, 3.63) is 6.33 Å². The van der Waals surface area contributed by atoms with Gasteiger partial charge in [-0.2, -0.15) is 9.98 Å². The summed E-state index contributed by atoms with van der Waals surface area (Å²) in [5.74, 6) is 1.95. The maximum atomic E-state index is 4.44. The Morgan fingerprint density at radius 1 is 1.05 bits per heavy atom.